The smallest absolute Gasteiger partial charge is 0.310 e. The minimum Gasteiger partial charge on any atom is -0.481 e. The van der Waals surface area contributed by atoms with Crippen LogP contribution in [0, 0.1) is 16.7 Å². The molecule has 0 aliphatic heterocycles. The van der Waals surface area contributed by atoms with Crippen molar-refractivity contribution in [3.8, 4) is 6.07 Å². The maximum absolute atomic E-state index is 10.9. The monoisotopic (exact) mass is 167 g/mol. The Labute approximate surface area is 72.0 Å². The van der Waals surface area contributed by atoms with Crippen LogP contribution in [0.1, 0.15) is 38.5 Å². The summed E-state index contributed by atoms with van der Waals surface area (Å²) in [6.07, 6.45) is 4.54. The first kappa shape index (κ1) is 9.05. The van der Waals surface area contributed by atoms with E-state index in [1.165, 1.54) is 0 Å². The van der Waals surface area contributed by atoms with E-state index in [4.69, 9.17) is 10.4 Å². The van der Waals surface area contributed by atoms with Crippen LogP contribution in [0.5, 0.6) is 0 Å². The Morgan fingerprint density at radius 1 is 1.42 bits per heavy atom. The SMILES string of the molecule is N#CCC1(C(=O)O)CCCCC1. The molecule has 3 heteroatoms. The molecule has 1 N–H and O–H groups in total. The predicted octanol–water partition coefficient (Wildman–Crippen LogP) is 1.94. The minimum absolute atomic E-state index is 0.169. The maximum atomic E-state index is 10.9. The van der Waals surface area contributed by atoms with Crippen molar-refractivity contribution in [2.75, 3.05) is 0 Å². The molecule has 0 unspecified atom stereocenters. The summed E-state index contributed by atoms with van der Waals surface area (Å²) in [5.41, 5.74) is -0.715. The van der Waals surface area contributed by atoms with E-state index >= 15 is 0 Å². The second kappa shape index (κ2) is 3.57. The van der Waals surface area contributed by atoms with Gasteiger partial charge in [0.1, 0.15) is 0 Å². The van der Waals surface area contributed by atoms with E-state index in [1.54, 1.807) is 0 Å². The first-order valence-electron chi connectivity index (χ1n) is 4.32. The van der Waals surface area contributed by atoms with Gasteiger partial charge in [-0.05, 0) is 12.8 Å². The van der Waals surface area contributed by atoms with Crippen molar-refractivity contribution >= 4 is 5.97 Å². The predicted molar refractivity (Wildman–Crippen MR) is 43.4 cm³/mol. The molecule has 0 amide bonds. The van der Waals surface area contributed by atoms with Gasteiger partial charge >= 0.3 is 5.97 Å². The van der Waals surface area contributed by atoms with Gasteiger partial charge in [-0.15, -0.1) is 0 Å². The molecule has 1 fully saturated rings. The number of nitrogens with zero attached hydrogens (tertiary/aromatic N) is 1. The zero-order valence-corrected chi connectivity index (χ0v) is 7.05. The summed E-state index contributed by atoms with van der Waals surface area (Å²) in [7, 11) is 0. The van der Waals surface area contributed by atoms with Gasteiger partial charge in [-0.1, -0.05) is 19.3 Å². The molecule has 0 heterocycles. The van der Waals surface area contributed by atoms with Crippen LogP contribution in [0.3, 0.4) is 0 Å². The van der Waals surface area contributed by atoms with Gasteiger partial charge in [-0.3, -0.25) is 4.79 Å². The quantitative estimate of drug-likeness (QED) is 0.683. The molecule has 1 aliphatic rings. The minimum atomic E-state index is -0.788. The van der Waals surface area contributed by atoms with Crippen LogP contribution in [-0.2, 0) is 4.79 Å². The van der Waals surface area contributed by atoms with Gasteiger partial charge in [0, 0.05) is 0 Å². The zero-order chi connectivity index (χ0) is 9.03. The lowest BCUT2D eigenvalue weighted by Gasteiger charge is -2.30. The van der Waals surface area contributed by atoms with Crippen molar-refractivity contribution in [2.45, 2.75) is 38.5 Å². The molecule has 0 aromatic carbocycles. The van der Waals surface area contributed by atoms with E-state index in [0.29, 0.717) is 12.8 Å². The van der Waals surface area contributed by atoms with Gasteiger partial charge in [-0.25, -0.2) is 0 Å². The third-order valence-electron chi connectivity index (χ3n) is 2.68. The van der Waals surface area contributed by atoms with E-state index in [1.807, 2.05) is 6.07 Å². The Kier molecular flexibility index (Phi) is 2.69. The molecule has 66 valence electrons. The molecular formula is C9H13NO2. The van der Waals surface area contributed by atoms with Crippen LogP contribution in [0.15, 0.2) is 0 Å². The van der Waals surface area contributed by atoms with Crippen LogP contribution < -0.4 is 0 Å². The van der Waals surface area contributed by atoms with Gasteiger partial charge in [0.15, 0.2) is 0 Å². The topological polar surface area (TPSA) is 61.1 Å². The Morgan fingerprint density at radius 3 is 2.42 bits per heavy atom. The molecule has 12 heavy (non-hydrogen) atoms. The number of aliphatic carboxylic acids is 1. The Hall–Kier alpha value is -1.04. The fraction of sp³-hybridized carbons (Fsp3) is 0.778. The third kappa shape index (κ3) is 1.58. The number of hydrogen-bond acceptors (Lipinski definition) is 2. The van der Waals surface area contributed by atoms with Crippen molar-refractivity contribution in [1.29, 1.82) is 5.26 Å². The van der Waals surface area contributed by atoms with Gasteiger partial charge in [0.25, 0.3) is 0 Å². The lowest BCUT2D eigenvalue weighted by atomic mass is 9.72. The van der Waals surface area contributed by atoms with Gasteiger partial charge in [0.2, 0.25) is 0 Å². The molecule has 3 nitrogen and oxygen atoms in total. The van der Waals surface area contributed by atoms with Crippen molar-refractivity contribution in [1.82, 2.24) is 0 Å². The molecule has 1 aliphatic carbocycles. The molecule has 1 saturated carbocycles. The highest BCUT2D eigenvalue weighted by atomic mass is 16.4. The number of rotatable bonds is 2. The zero-order valence-electron chi connectivity index (χ0n) is 7.05. The van der Waals surface area contributed by atoms with Crippen molar-refractivity contribution in [2.24, 2.45) is 5.41 Å². The van der Waals surface area contributed by atoms with Gasteiger partial charge in [0.05, 0.1) is 17.9 Å². The molecule has 0 aromatic rings. The van der Waals surface area contributed by atoms with Crippen LogP contribution in [-0.4, -0.2) is 11.1 Å². The molecule has 0 aromatic heterocycles. The molecule has 0 bridgehead atoms. The highest BCUT2D eigenvalue weighted by Gasteiger charge is 2.39. The summed E-state index contributed by atoms with van der Waals surface area (Å²) in [6.45, 7) is 0. The van der Waals surface area contributed by atoms with E-state index in [0.717, 1.165) is 19.3 Å². The van der Waals surface area contributed by atoms with E-state index < -0.39 is 11.4 Å². The Bertz CT molecular complexity index is 211. The first-order valence-corrected chi connectivity index (χ1v) is 4.32. The fourth-order valence-corrected chi connectivity index (χ4v) is 1.85. The van der Waals surface area contributed by atoms with E-state index in [-0.39, 0.29) is 6.42 Å². The second-order valence-electron chi connectivity index (χ2n) is 3.48. The molecule has 1 rings (SSSR count). The first-order chi connectivity index (χ1) is 5.71. The van der Waals surface area contributed by atoms with Crippen LogP contribution in [0.2, 0.25) is 0 Å². The lowest BCUT2D eigenvalue weighted by molar-refractivity contribution is -0.150. The highest BCUT2D eigenvalue weighted by molar-refractivity contribution is 5.75. The third-order valence-corrected chi connectivity index (χ3v) is 2.68. The lowest BCUT2D eigenvalue weighted by Crippen LogP contribution is -2.32. The summed E-state index contributed by atoms with van der Waals surface area (Å²) in [4.78, 5) is 10.9. The summed E-state index contributed by atoms with van der Waals surface area (Å²) in [6, 6.07) is 1.98. The standard InChI is InChI=1S/C9H13NO2/c10-7-6-9(8(11)12)4-2-1-3-5-9/h1-6H2,(H,11,12). The highest BCUT2D eigenvalue weighted by Crippen LogP contribution is 2.39. The van der Waals surface area contributed by atoms with Crippen molar-refractivity contribution in [3.05, 3.63) is 0 Å². The number of carbonyl (C=O) groups is 1. The number of hydrogen-bond donors (Lipinski definition) is 1. The maximum Gasteiger partial charge on any atom is 0.310 e. The molecule has 0 atom stereocenters. The van der Waals surface area contributed by atoms with Crippen molar-refractivity contribution < 1.29 is 9.90 Å². The number of carboxylic acids is 1. The number of nitriles is 1. The normalized spacial score (nSPS) is 21.2. The average Bonchev–Trinajstić information content (AvgIpc) is 2.06. The van der Waals surface area contributed by atoms with E-state index in [2.05, 4.69) is 0 Å². The largest absolute Gasteiger partial charge is 0.481 e. The van der Waals surface area contributed by atoms with Crippen LogP contribution in [0.4, 0.5) is 0 Å². The van der Waals surface area contributed by atoms with Crippen LogP contribution in [0.25, 0.3) is 0 Å². The van der Waals surface area contributed by atoms with Crippen molar-refractivity contribution in [3.63, 3.8) is 0 Å². The molecule has 0 saturated heterocycles. The second-order valence-corrected chi connectivity index (χ2v) is 3.48. The Balaban J connectivity index is 2.71. The summed E-state index contributed by atoms with van der Waals surface area (Å²) < 4.78 is 0. The van der Waals surface area contributed by atoms with Gasteiger partial charge < -0.3 is 5.11 Å². The van der Waals surface area contributed by atoms with Crippen LogP contribution >= 0.6 is 0 Å². The Morgan fingerprint density at radius 2 is 2.00 bits per heavy atom. The molecular weight excluding hydrogens is 154 g/mol. The molecule has 0 radical (unpaired) electrons. The van der Waals surface area contributed by atoms with Gasteiger partial charge in [-0.2, -0.15) is 5.26 Å². The molecule has 0 spiro atoms. The van der Waals surface area contributed by atoms with E-state index in [9.17, 15) is 4.79 Å². The number of carboxylic acid groups (broad SMARTS) is 1. The average molecular weight is 167 g/mol. The summed E-state index contributed by atoms with van der Waals surface area (Å²) >= 11 is 0. The summed E-state index contributed by atoms with van der Waals surface area (Å²) in [5, 5.41) is 17.5. The fourth-order valence-electron chi connectivity index (χ4n) is 1.85. The summed E-state index contributed by atoms with van der Waals surface area (Å²) in [5.74, 6) is -0.788.